The highest BCUT2D eigenvalue weighted by molar-refractivity contribution is 7.88. The molecule has 0 fully saturated rings. The lowest BCUT2D eigenvalue weighted by molar-refractivity contribution is 0.597. The third-order valence-corrected chi connectivity index (χ3v) is 2.16. The molecule has 1 aromatic carbocycles. The molecule has 0 aliphatic carbocycles. The highest BCUT2D eigenvalue weighted by atomic mass is 32.2. The first-order chi connectivity index (χ1) is 6.03. The molecule has 0 aromatic heterocycles. The van der Waals surface area contributed by atoms with Crippen LogP contribution in [0.25, 0.3) is 0 Å². The fourth-order valence-electron chi connectivity index (χ4n) is 0.939. The molecule has 70 valence electrons. The highest BCUT2D eigenvalue weighted by Crippen LogP contribution is 2.19. The summed E-state index contributed by atoms with van der Waals surface area (Å²) in [6.45, 7) is 0. The molecule has 0 heterocycles. The van der Waals surface area contributed by atoms with E-state index in [4.69, 9.17) is 5.14 Å². The lowest BCUT2D eigenvalue weighted by Gasteiger charge is -2.00. The minimum Gasteiger partial charge on any atom is -0.228 e. The van der Waals surface area contributed by atoms with Crippen molar-refractivity contribution in [3.8, 4) is 0 Å². The van der Waals surface area contributed by atoms with Gasteiger partial charge in [0.25, 0.3) is 0 Å². The lowest BCUT2D eigenvalue weighted by Crippen LogP contribution is -2.14. The SMILES string of the molecule is NS(=O)(=O)Cc1ccccc1N=O. The Balaban J connectivity index is 3.08. The largest absolute Gasteiger partial charge is 0.228 e. The Morgan fingerprint density at radius 2 is 1.92 bits per heavy atom. The van der Waals surface area contributed by atoms with Crippen LogP contribution in [-0.4, -0.2) is 8.42 Å². The van der Waals surface area contributed by atoms with Gasteiger partial charge in [0.15, 0.2) is 0 Å². The summed E-state index contributed by atoms with van der Waals surface area (Å²) in [5, 5.41) is 7.50. The van der Waals surface area contributed by atoms with Gasteiger partial charge in [-0.05, 0) is 16.8 Å². The number of rotatable bonds is 3. The zero-order valence-electron chi connectivity index (χ0n) is 6.67. The molecule has 1 aromatic rings. The fraction of sp³-hybridized carbons (Fsp3) is 0.143. The van der Waals surface area contributed by atoms with E-state index in [0.29, 0.717) is 5.56 Å². The van der Waals surface area contributed by atoms with E-state index in [9.17, 15) is 13.3 Å². The Morgan fingerprint density at radius 1 is 1.31 bits per heavy atom. The first kappa shape index (κ1) is 9.82. The lowest BCUT2D eigenvalue weighted by atomic mass is 10.2. The molecule has 0 bridgehead atoms. The van der Waals surface area contributed by atoms with Crippen molar-refractivity contribution in [2.75, 3.05) is 0 Å². The Kier molecular flexibility index (Phi) is 2.74. The Morgan fingerprint density at radius 3 is 2.46 bits per heavy atom. The summed E-state index contributed by atoms with van der Waals surface area (Å²) in [4.78, 5) is 10.2. The Labute approximate surface area is 75.6 Å². The van der Waals surface area contributed by atoms with Gasteiger partial charge in [-0.25, -0.2) is 13.6 Å². The number of hydrogen-bond donors (Lipinski definition) is 1. The summed E-state index contributed by atoms with van der Waals surface area (Å²) < 4.78 is 21.4. The van der Waals surface area contributed by atoms with Gasteiger partial charge in [0.2, 0.25) is 10.0 Å². The van der Waals surface area contributed by atoms with Crippen LogP contribution in [-0.2, 0) is 15.8 Å². The number of primary sulfonamides is 1. The topological polar surface area (TPSA) is 89.6 Å². The monoisotopic (exact) mass is 200 g/mol. The van der Waals surface area contributed by atoms with Gasteiger partial charge in [-0.3, -0.25) is 0 Å². The fourth-order valence-corrected chi connectivity index (χ4v) is 1.62. The van der Waals surface area contributed by atoms with Gasteiger partial charge in [0.1, 0.15) is 5.69 Å². The molecule has 0 amide bonds. The number of hydrogen-bond acceptors (Lipinski definition) is 4. The van der Waals surface area contributed by atoms with Crippen LogP contribution < -0.4 is 5.14 Å². The van der Waals surface area contributed by atoms with Crippen LogP contribution in [0.2, 0.25) is 0 Å². The molecule has 0 aliphatic rings. The van der Waals surface area contributed by atoms with E-state index >= 15 is 0 Å². The summed E-state index contributed by atoms with van der Waals surface area (Å²) >= 11 is 0. The van der Waals surface area contributed by atoms with Gasteiger partial charge in [-0.2, -0.15) is 0 Å². The minimum atomic E-state index is -3.61. The molecule has 0 saturated heterocycles. The molecule has 0 unspecified atom stereocenters. The first-order valence-electron chi connectivity index (χ1n) is 3.44. The number of nitrogens with zero attached hydrogens (tertiary/aromatic N) is 1. The van der Waals surface area contributed by atoms with Crippen molar-refractivity contribution in [2.24, 2.45) is 10.3 Å². The molecule has 0 aliphatic heterocycles. The molecule has 5 nitrogen and oxygen atoms in total. The van der Waals surface area contributed by atoms with Crippen LogP contribution in [0.15, 0.2) is 29.4 Å². The molecule has 13 heavy (non-hydrogen) atoms. The van der Waals surface area contributed by atoms with E-state index in [-0.39, 0.29) is 11.4 Å². The third-order valence-electron chi connectivity index (χ3n) is 1.45. The zero-order chi connectivity index (χ0) is 9.90. The summed E-state index contributed by atoms with van der Waals surface area (Å²) in [5.41, 5.74) is 0.427. The second kappa shape index (κ2) is 3.63. The minimum absolute atomic E-state index is 0.108. The van der Waals surface area contributed by atoms with Crippen molar-refractivity contribution < 1.29 is 8.42 Å². The third kappa shape index (κ3) is 2.92. The van der Waals surface area contributed by atoms with Crippen LogP contribution >= 0.6 is 0 Å². The predicted molar refractivity (Wildman–Crippen MR) is 48.7 cm³/mol. The number of benzene rings is 1. The zero-order valence-corrected chi connectivity index (χ0v) is 7.49. The van der Waals surface area contributed by atoms with Crippen molar-refractivity contribution in [1.82, 2.24) is 0 Å². The van der Waals surface area contributed by atoms with Crippen molar-refractivity contribution in [3.05, 3.63) is 34.7 Å². The Bertz CT molecular complexity index is 414. The normalized spacial score (nSPS) is 11.2. The van der Waals surface area contributed by atoms with Crippen LogP contribution in [0.5, 0.6) is 0 Å². The van der Waals surface area contributed by atoms with Crippen molar-refractivity contribution >= 4 is 15.7 Å². The average molecular weight is 200 g/mol. The van der Waals surface area contributed by atoms with E-state index in [0.717, 1.165) is 0 Å². The molecule has 0 saturated carbocycles. The van der Waals surface area contributed by atoms with Crippen molar-refractivity contribution in [1.29, 1.82) is 0 Å². The van der Waals surface area contributed by atoms with Gasteiger partial charge >= 0.3 is 0 Å². The van der Waals surface area contributed by atoms with Crippen LogP contribution in [0.1, 0.15) is 5.56 Å². The number of nitrogens with two attached hydrogens (primary N) is 1. The van der Waals surface area contributed by atoms with E-state index in [1.165, 1.54) is 12.1 Å². The molecule has 0 spiro atoms. The van der Waals surface area contributed by atoms with Gasteiger partial charge in [-0.1, -0.05) is 18.2 Å². The summed E-state index contributed by atoms with van der Waals surface area (Å²) in [6, 6.07) is 6.16. The second-order valence-corrected chi connectivity index (χ2v) is 4.14. The smallest absolute Gasteiger partial charge is 0.213 e. The van der Waals surface area contributed by atoms with Crippen LogP contribution in [0.3, 0.4) is 0 Å². The predicted octanol–water partition coefficient (Wildman–Crippen LogP) is 0.873. The van der Waals surface area contributed by atoms with E-state index in [2.05, 4.69) is 5.18 Å². The average Bonchev–Trinajstić information content (AvgIpc) is 2.02. The summed E-state index contributed by atoms with van der Waals surface area (Å²) in [6.07, 6.45) is 0. The molecule has 6 heteroatoms. The number of nitroso groups, excluding NO2 is 1. The van der Waals surface area contributed by atoms with E-state index in [1.54, 1.807) is 12.1 Å². The summed E-state index contributed by atoms with van der Waals surface area (Å²) in [7, 11) is -3.61. The quantitative estimate of drug-likeness (QED) is 0.734. The first-order valence-corrected chi connectivity index (χ1v) is 5.16. The highest BCUT2D eigenvalue weighted by Gasteiger charge is 2.08. The van der Waals surface area contributed by atoms with E-state index in [1.807, 2.05) is 0 Å². The molecule has 0 radical (unpaired) electrons. The van der Waals surface area contributed by atoms with Gasteiger partial charge in [-0.15, -0.1) is 4.91 Å². The molecular weight excluding hydrogens is 192 g/mol. The van der Waals surface area contributed by atoms with Gasteiger partial charge in [0.05, 0.1) is 5.75 Å². The van der Waals surface area contributed by atoms with Crippen LogP contribution in [0, 0.1) is 4.91 Å². The Hall–Kier alpha value is -1.27. The molecule has 1 rings (SSSR count). The number of sulfonamides is 1. The van der Waals surface area contributed by atoms with Crippen molar-refractivity contribution in [2.45, 2.75) is 5.75 Å². The second-order valence-electron chi connectivity index (χ2n) is 2.53. The molecular formula is C7H8N2O3S. The van der Waals surface area contributed by atoms with Crippen LogP contribution in [0.4, 0.5) is 5.69 Å². The molecule has 2 N–H and O–H groups in total. The van der Waals surface area contributed by atoms with Crippen molar-refractivity contribution in [3.63, 3.8) is 0 Å². The maximum atomic E-state index is 10.7. The van der Waals surface area contributed by atoms with Gasteiger partial charge < -0.3 is 0 Å². The molecule has 0 atom stereocenters. The standard InChI is InChI=1S/C7H8N2O3S/c8-13(11,12)5-6-3-1-2-4-7(6)9-10/h1-4H,5H2,(H2,8,11,12). The summed E-state index contributed by atoms with van der Waals surface area (Å²) in [5.74, 6) is -0.366. The maximum absolute atomic E-state index is 10.7. The van der Waals surface area contributed by atoms with Gasteiger partial charge in [0, 0.05) is 0 Å². The van der Waals surface area contributed by atoms with E-state index < -0.39 is 10.0 Å². The maximum Gasteiger partial charge on any atom is 0.213 e.